The van der Waals surface area contributed by atoms with Gasteiger partial charge in [-0.1, -0.05) is 12.1 Å². The standard InChI is InChI=1S/C13H21NO3/c1-4-16-11-7-5-6-10(8-14)12(11)17-9-13(2,3)15/h5-7,15H,4,8-9,14H2,1-3H3. The van der Waals surface area contributed by atoms with E-state index in [4.69, 9.17) is 15.2 Å². The van der Waals surface area contributed by atoms with Crippen LogP contribution in [-0.4, -0.2) is 23.9 Å². The van der Waals surface area contributed by atoms with Crippen LogP contribution in [0.4, 0.5) is 0 Å². The van der Waals surface area contributed by atoms with E-state index in [1.807, 2.05) is 25.1 Å². The third kappa shape index (κ3) is 4.24. The Labute approximate surface area is 102 Å². The molecule has 3 N–H and O–H groups in total. The van der Waals surface area contributed by atoms with E-state index in [1.165, 1.54) is 0 Å². The molecule has 0 saturated heterocycles. The molecule has 0 unspecified atom stereocenters. The lowest BCUT2D eigenvalue weighted by Gasteiger charge is -2.21. The predicted molar refractivity (Wildman–Crippen MR) is 67.3 cm³/mol. The topological polar surface area (TPSA) is 64.7 Å². The van der Waals surface area contributed by atoms with Gasteiger partial charge in [0.15, 0.2) is 11.5 Å². The Bertz CT molecular complexity index is 358. The molecule has 1 aromatic carbocycles. The van der Waals surface area contributed by atoms with Crippen molar-refractivity contribution in [1.82, 2.24) is 0 Å². The summed E-state index contributed by atoms with van der Waals surface area (Å²) in [5.74, 6) is 1.29. The molecule has 0 amide bonds. The summed E-state index contributed by atoms with van der Waals surface area (Å²) in [6.07, 6.45) is 0. The van der Waals surface area contributed by atoms with Gasteiger partial charge in [-0.2, -0.15) is 0 Å². The zero-order valence-electron chi connectivity index (χ0n) is 10.7. The van der Waals surface area contributed by atoms with E-state index in [2.05, 4.69) is 0 Å². The van der Waals surface area contributed by atoms with Crippen LogP contribution in [0.5, 0.6) is 11.5 Å². The summed E-state index contributed by atoms with van der Waals surface area (Å²) in [6.45, 7) is 6.44. The SMILES string of the molecule is CCOc1cccc(CN)c1OCC(C)(C)O. The lowest BCUT2D eigenvalue weighted by atomic mass is 10.1. The molecule has 0 aliphatic rings. The van der Waals surface area contributed by atoms with E-state index in [9.17, 15) is 5.11 Å². The molecule has 0 bridgehead atoms. The highest BCUT2D eigenvalue weighted by atomic mass is 16.5. The van der Waals surface area contributed by atoms with Gasteiger partial charge in [0.1, 0.15) is 6.61 Å². The first-order valence-corrected chi connectivity index (χ1v) is 5.78. The number of aliphatic hydroxyl groups is 1. The molecule has 0 aliphatic carbocycles. The van der Waals surface area contributed by atoms with Gasteiger partial charge in [0, 0.05) is 12.1 Å². The number of benzene rings is 1. The average molecular weight is 239 g/mol. The van der Waals surface area contributed by atoms with E-state index in [1.54, 1.807) is 13.8 Å². The number of rotatable bonds is 6. The Morgan fingerprint density at radius 3 is 2.53 bits per heavy atom. The van der Waals surface area contributed by atoms with E-state index in [0.717, 1.165) is 5.56 Å². The molecule has 0 heterocycles. The van der Waals surface area contributed by atoms with Crippen LogP contribution in [0.25, 0.3) is 0 Å². The second-order valence-corrected chi connectivity index (χ2v) is 4.48. The maximum absolute atomic E-state index is 9.67. The Balaban J connectivity index is 2.92. The van der Waals surface area contributed by atoms with Gasteiger partial charge in [-0.05, 0) is 26.8 Å². The number of hydrogen-bond donors (Lipinski definition) is 2. The number of hydrogen-bond acceptors (Lipinski definition) is 4. The van der Waals surface area contributed by atoms with Crippen LogP contribution in [0.3, 0.4) is 0 Å². The Hall–Kier alpha value is -1.26. The number of ether oxygens (including phenoxy) is 2. The fourth-order valence-electron chi connectivity index (χ4n) is 1.40. The largest absolute Gasteiger partial charge is 0.490 e. The molecule has 17 heavy (non-hydrogen) atoms. The van der Waals surface area contributed by atoms with Crippen LogP contribution in [0.2, 0.25) is 0 Å². The van der Waals surface area contributed by atoms with Crippen LogP contribution in [0, 0.1) is 0 Å². The summed E-state index contributed by atoms with van der Waals surface area (Å²) >= 11 is 0. The first-order chi connectivity index (χ1) is 7.98. The minimum atomic E-state index is -0.884. The third-order valence-electron chi connectivity index (χ3n) is 2.15. The molecule has 1 rings (SSSR count). The van der Waals surface area contributed by atoms with Gasteiger partial charge < -0.3 is 20.3 Å². The summed E-state index contributed by atoms with van der Waals surface area (Å²) in [5, 5.41) is 9.67. The van der Waals surface area contributed by atoms with Crippen LogP contribution in [-0.2, 0) is 6.54 Å². The van der Waals surface area contributed by atoms with Crippen molar-refractivity contribution in [2.24, 2.45) is 5.73 Å². The van der Waals surface area contributed by atoms with Crippen molar-refractivity contribution >= 4 is 0 Å². The van der Waals surface area contributed by atoms with Crippen molar-refractivity contribution in [3.63, 3.8) is 0 Å². The van der Waals surface area contributed by atoms with Crippen molar-refractivity contribution in [3.8, 4) is 11.5 Å². The monoisotopic (exact) mass is 239 g/mol. The second kappa shape index (κ2) is 5.89. The maximum atomic E-state index is 9.67. The summed E-state index contributed by atoms with van der Waals surface area (Å²) in [5.41, 5.74) is 5.65. The molecule has 4 nitrogen and oxygen atoms in total. The molecule has 1 aromatic rings. The van der Waals surface area contributed by atoms with Crippen molar-refractivity contribution in [3.05, 3.63) is 23.8 Å². The minimum absolute atomic E-state index is 0.198. The van der Waals surface area contributed by atoms with Crippen molar-refractivity contribution in [2.75, 3.05) is 13.2 Å². The zero-order valence-corrected chi connectivity index (χ0v) is 10.7. The van der Waals surface area contributed by atoms with Gasteiger partial charge in [-0.25, -0.2) is 0 Å². The van der Waals surface area contributed by atoms with Crippen LogP contribution < -0.4 is 15.2 Å². The highest BCUT2D eigenvalue weighted by Crippen LogP contribution is 2.31. The summed E-state index contributed by atoms with van der Waals surface area (Å²) in [6, 6.07) is 5.61. The van der Waals surface area contributed by atoms with Gasteiger partial charge in [-0.15, -0.1) is 0 Å². The fourth-order valence-corrected chi connectivity index (χ4v) is 1.40. The minimum Gasteiger partial charge on any atom is -0.490 e. The molecular formula is C13H21NO3. The fraction of sp³-hybridized carbons (Fsp3) is 0.538. The van der Waals surface area contributed by atoms with Gasteiger partial charge in [0.25, 0.3) is 0 Å². The van der Waals surface area contributed by atoms with Gasteiger partial charge in [0.2, 0.25) is 0 Å². The summed E-state index contributed by atoms with van der Waals surface area (Å²) < 4.78 is 11.1. The second-order valence-electron chi connectivity index (χ2n) is 4.48. The first kappa shape index (κ1) is 13.8. The quantitative estimate of drug-likeness (QED) is 0.793. The number of nitrogens with two attached hydrogens (primary N) is 1. The van der Waals surface area contributed by atoms with E-state index in [-0.39, 0.29) is 6.61 Å². The average Bonchev–Trinajstić information content (AvgIpc) is 2.26. The molecule has 0 aromatic heterocycles. The van der Waals surface area contributed by atoms with Crippen LogP contribution >= 0.6 is 0 Å². The van der Waals surface area contributed by atoms with Crippen LogP contribution in [0.15, 0.2) is 18.2 Å². The zero-order chi connectivity index (χ0) is 12.9. The highest BCUT2D eigenvalue weighted by Gasteiger charge is 2.17. The van der Waals surface area contributed by atoms with Gasteiger partial charge in [-0.3, -0.25) is 0 Å². The maximum Gasteiger partial charge on any atom is 0.165 e. The highest BCUT2D eigenvalue weighted by molar-refractivity contribution is 5.46. The van der Waals surface area contributed by atoms with E-state index in [0.29, 0.717) is 24.7 Å². The normalized spacial score (nSPS) is 11.4. The first-order valence-electron chi connectivity index (χ1n) is 5.78. The summed E-state index contributed by atoms with van der Waals surface area (Å²) in [4.78, 5) is 0. The van der Waals surface area contributed by atoms with Gasteiger partial charge in [0.05, 0.1) is 12.2 Å². The Morgan fingerprint density at radius 2 is 2.00 bits per heavy atom. The molecule has 0 radical (unpaired) electrons. The van der Waals surface area contributed by atoms with E-state index < -0.39 is 5.60 Å². The van der Waals surface area contributed by atoms with Gasteiger partial charge >= 0.3 is 0 Å². The van der Waals surface area contributed by atoms with Crippen molar-refractivity contribution in [1.29, 1.82) is 0 Å². The molecule has 96 valence electrons. The van der Waals surface area contributed by atoms with Crippen molar-refractivity contribution in [2.45, 2.75) is 32.9 Å². The molecule has 0 atom stereocenters. The van der Waals surface area contributed by atoms with Crippen LogP contribution in [0.1, 0.15) is 26.3 Å². The molecule has 0 saturated carbocycles. The summed E-state index contributed by atoms with van der Waals surface area (Å²) in [7, 11) is 0. The lowest BCUT2D eigenvalue weighted by molar-refractivity contribution is 0.0271. The van der Waals surface area contributed by atoms with E-state index >= 15 is 0 Å². The lowest BCUT2D eigenvalue weighted by Crippen LogP contribution is -2.28. The van der Waals surface area contributed by atoms with Crippen molar-refractivity contribution < 1.29 is 14.6 Å². The predicted octanol–water partition coefficient (Wildman–Crippen LogP) is 1.69. The molecule has 4 heteroatoms. The number of para-hydroxylation sites is 1. The molecular weight excluding hydrogens is 218 g/mol. The molecule has 0 fully saturated rings. The third-order valence-corrected chi connectivity index (χ3v) is 2.15. The molecule has 0 aliphatic heterocycles. The smallest absolute Gasteiger partial charge is 0.165 e. The Kier molecular flexibility index (Phi) is 4.78. The Morgan fingerprint density at radius 1 is 1.29 bits per heavy atom. The molecule has 0 spiro atoms.